The van der Waals surface area contributed by atoms with Crippen molar-refractivity contribution in [2.75, 3.05) is 19.6 Å². The summed E-state index contributed by atoms with van der Waals surface area (Å²) in [7, 11) is 0. The van der Waals surface area contributed by atoms with Crippen LogP contribution in [0.15, 0.2) is 36.9 Å². The fourth-order valence-electron chi connectivity index (χ4n) is 1.75. The summed E-state index contributed by atoms with van der Waals surface area (Å²) in [4.78, 5) is 0. The Kier molecular flexibility index (Phi) is 7.35. The lowest BCUT2D eigenvalue weighted by atomic mass is 10.1. The second-order valence-corrected chi connectivity index (χ2v) is 4.32. The lowest BCUT2D eigenvalue weighted by Crippen LogP contribution is -2.17. The molecular formula is C15H24N2. The third kappa shape index (κ3) is 6.25. The van der Waals surface area contributed by atoms with Gasteiger partial charge < -0.3 is 11.1 Å². The maximum absolute atomic E-state index is 5.44. The second kappa shape index (κ2) is 8.97. The van der Waals surface area contributed by atoms with Crippen molar-refractivity contribution in [2.45, 2.75) is 25.7 Å². The molecule has 3 N–H and O–H groups in total. The van der Waals surface area contributed by atoms with Gasteiger partial charge in [-0.15, -0.1) is 0 Å². The molecule has 0 aromatic heterocycles. The summed E-state index contributed by atoms with van der Waals surface area (Å²) in [5, 5.41) is 3.44. The lowest BCUT2D eigenvalue weighted by Gasteiger charge is -2.07. The van der Waals surface area contributed by atoms with Crippen molar-refractivity contribution in [3.8, 4) is 0 Å². The highest BCUT2D eigenvalue weighted by Crippen LogP contribution is 2.14. The first-order chi connectivity index (χ1) is 8.34. The van der Waals surface area contributed by atoms with Gasteiger partial charge in [0, 0.05) is 0 Å². The van der Waals surface area contributed by atoms with Crippen LogP contribution in [0.3, 0.4) is 0 Å². The number of nitrogens with one attached hydrogen (secondary N) is 1. The third-order valence-electron chi connectivity index (χ3n) is 2.84. The lowest BCUT2D eigenvalue weighted by molar-refractivity contribution is 0.612. The van der Waals surface area contributed by atoms with E-state index in [4.69, 9.17) is 5.73 Å². The monoisotopic (exact) mass is 232 g/mol. The molecule has 0 amide bonds. The predicted molar refractivity (Wildman–Crippen MR) is 75.9 cm³/mol. The van der Waals surface area contributed by atoms with Crippen molar-refractivity contribution in [1.82, 2.24) is 5.32 Å². The van der Waals surface area contributed by atoms with Gasteiger partial charge >= 0.3 is 0 Å². The van der Waals surface area contributed by atoms with Gasteiger partial charge in [0.1, 0.15) is 0 Å². The van der Waals surface area contributed by atoms with Crippen LogP contribution in [0.5, 0.6) is 0 Å². The zero-order valence-electron chi connectivity index (χ0n) is 10.6. The molecule has 0 saturated carbocycles. The maximum atomic E-state index is 5.44. The second-order valence-electron chi connectivity index (χ2n) is 4.32. The van der Waals surface area contributed by atoms with E-state index in [1.807, 2.05) is 6.07 Å². The molecule has 0 aliphatic heterocycles. The van der Waals surface area contributed by atoms with Crippen molar-refractivity contribution in [3.05, 3.63) is 42.5 Å². The summed E-state index contributed by atoms with van der Waals surface area (Å²) in [5.74, 6) is 0. The van der Waals surface area contributed by atoms with Gasteiger partial charge in [0.25, 0.3) is 0 Å². The Hall–Kier alpha value is -1.12. The molecule has 0 atom stereocenters. The van der Waals surface area contributed by atoms with E-state index in [0.717, 1.165) is 32.5 Å². The van der Waals surface area contributed by atoms with Crippen molar-refractivity contribution < 1.29 is 0 Å². The molecule has 2 nitrogen and oxygen atoms in total. The largest absolute Gasteiger partial charge is 0.330 e. The number of nitrogens with two attached hydrogens (primary N) is 1. The summed E-state index contributed by atoms with van der Waals surface area (Å²) in [6, 6.07) is 10.4. The molecule has 2 heteroatoms. The molecule has 1 rings (SSSR count). The maximum Gasteiger partial charge on any atom is -0.000835 e. The highest BCUT2D eigenvalue weighted by molar-refractivity contribution is 5.63. The minimum atomic E-state index is 0.810. The van der Waals surface area contributed by atoms with Crippen LogP contribution >= 0.6 is 0 Å². The Labute approximate surface area is 105 Å². The standard InChI is InChI=1S/C15H24N2/c1-14(15-8-4-2-5-9-15)10-13-17-12-7-3-6-11-16/h2,4-5,8-9,17H,1,3,6-7,10-13,16H2. The van der Waals surface area contributed by atoms with E-state index in [2.05, 4.69) is 36.2 Å². The van der Waals surface area contributed by atoms with Gasteiger partial charge in [-0.25, -0.2) is 0 Å². The molecule has 0 aliphatic carbocycles. The Balaban J connectivity index is 2.05. The van der Waals surface area contributed by atoms with Crippen LogP contribution in [0.2, 0.25) is 0 Å². The molecule has 0 spiro atoms. The van der Waals surface area contributed by atoms with Gasteiger partial charge in [-0.3, -0.25) is 0 Å². The summed E-state index contributed by atoms with van der Waals surface area (Å²) in [6.45, 7) is 7.02. The van der Waals surface area contributed by atoms with Crippen LogP contribution in [0.1, 0.15) is 31.2 Å². The van der Waals surface area contributed by atoms with E-state index in [1.54, 1.807) is 0 Å². The molecule has 0 saturated heterocycles. The van der Waals surface area contributed by atoms with Crippen molar-refractivity contribution in [1.29, 1.82) is 0 Å². The molecular weight excluding hydrogens is 208 g/mol. The van der Waals surface area contributed by atoms with Crippen molar-refractivity contribution in [2.24, 2.45) is 5.73 Å². The van der Waals surface area contributed by atoms with Gasteiger partial charge in [-0.1, -0.05) is 43.3 Å². The number of unbranched alkanes of at least 4 members (excludes halogenated alkanes) is 2. The van der Waals surface area contributed by atoms with Crippen LogP contribution < -0.4 is 11.1 Å². The number of hydrogen-bond acceptors (Lipinski definition) is 2. The minimum Gasteiger partial charge on any atom is -0.330 e. The van der Waals surface area contributed by atoms with Crippen LogP contribution in [-0.4, -0.2) is 19.6 Å². The highest BCUT2D eigenvalue weighted by atomic mass is 14.8. The van der Waals surface area contributed by atoms with E-state index in [1.165, 1.54) is 24.0 Å². The number of hydrogen-bond donors (Lipinski definition) is 2. The first-order valence-electron chi connectivity index (χ1n) is 6.48. The van der Waals surface area contributed by atoms with E-state index >= 15 is 0 Å². The summed E-state index contributed by atoms with van der Waals surface area (Å²) < 4.78 is 0. The molecule has 0 heterocycles. The van der Waals surface area contributed by atoms with Crippen LogP contribution in [0, 0.1) is 0 Å². The minimum absolute atomic E-state index is 0.810. The quantitative estimate of drug-likeness (QED) is 0.643. The zero-order chi connectivity index (χ0) is 12.3. The van der Waals surface area contributed by atoms with Crippen LogP contribution in [-0.2, 0) is 0 Å². The summed E-state index contributed by atoms with van der Waals surface area (Å²) in [6.07, 6.45) is 4.59. The number of rotatable bonds is 9. The van der Waals surface area contributed by atoms with Crippen molar-refractivity contribution >= 4 is 5.57 Å². The van der Waals surface area contributed by atoms with E-state index in [0.29, 0.717) is 0 Å². The van der Waals surface area contributed by atoms with Gasteiger partial charge in [-0.05, 0) is 50.0 Å². The third-order valence-corrected chi connectivity index (χ3v) is 2.84. The van der Waals surface area contributed by atoms with Crippen LogP contribution in [0.4, 0.5) is 0 Å². The van der Waals surface area contributed by atoms with E-state index in [-0.39, 0.29) is 0 Å². The Morgan fingerprint density at radius 2 is 1.82 bits per heavy atom. The fraction of sp³-hybridized carbons (Fsp3) is 0.467. The molecule has 17 heavy (non-hydrogen) atoms. The average Bonchev–Trinajstić information content (AvgIpc) is 2.38. The summed E-state index contributed by atoms with van der Waals surface area (Å²) in [5.41, 5.74) is 7.90. The molecule has 1 aromatic rings. The van der Waals surface area contributed by atoms with Gasteiger partial charge in [0.2, 0.25) is 0 Å². The molecule has 0 aliphatic rings. The zero-order valence-corrected chi connectivity index (χ0v) is 10.6. The Morgan fingerprint density at radius 3 is 2.53 bits per heavy atom. The predicted octanol–water partition coefficient (Wildman–Crippen LogP) is 2.81. The SMILES string of the molecule is C=C(CCNCCCCCN)c1ccccc1. The van der Waals surface area contributed by atoms with E-state index in [9.17, 15) is 0 Å². The topological polar surface area (TPSA) is 38.0 Å². The Morgan fingerprint density at radius 1 is 1.06 bits per heavy atom. The highest BCUT2D eigenvalue weighted by Gasteiger charge is 1.97. The number of benzene rings is 1. The van der Waals surface area contributed by atoms with Crippen molar-refractivity contribution in [3.63, 3.8) is 0 Å². The normalized spacial score (nSPS) is 10.4. The molecule has 1 aromatic carbocycles. The van der Waals surface area contributed by atoms with Crippen LogP contribution in [0.25, 0.3) is 5.57 Å². The fourth-order valence-corrected chi connectivity index (χ4v) is 1.75. The Bertz CT molecular complexity index is 306. The summed E-state index contributed by atoms with van der Waals surface area (Å²) >= 11 is 0. The molecule has 0 radical (unpaired) electrons. The molecule has 0 fully saturated rings. The van der Waals surface area contributed by atoms with Gasteiger partial charge in [0.05, 0.1) is 0 Å². The molecule has 0 unspecified atom stereocenters. The van der Waals surface area contributed by atoms with E-state index < -0.39 is 0 Å². The smallest absolute Gasteiger partial charge is 0.000835 e. The molecule has 0 bridgehead atoms. The first kappa shape index (κ1) is 13.9. The van der Waals surface area contributed by atoms with Gasteiger partial charge in [0.15, 0.2) is 0 Å². The van der Waals surface area contributed by atoms with Gasteiger partial charge in [-0.2, -0.15) is 0 Å². The average molecular weight is 232 g/mol. The molecule has 94 valence electrons. The first-order valence-corrected chi connectivity index (χ1v) is 6.48.